The molecule has 0 unspecified atom stereocenters. The van der Waals surface area contributed by atoms with Crippen molar-refractivity contribution in [2.24, 2.45) is 0 Å². The molecular weight excluding hydrogens is 400 g/mol. The fourth-order valence-corrected chi connectivity index (χ4v) is 4.21. The summed E-state index contributed by atoms with van der Waals surface area (Å²) in [6, 6.07) is 16.1. The standard InChI is InChI=1S/C21H26N6O2S/c1-30(28,29)23-15-20-24-25-21(27(20)16-17-7-3-2-4-8-17)18-10-13-26(14-11-18)19-9-5-6-12-22-19/h2-9,12,18,23H,10-11,13-16H2,1H3. The summed E-state index contributed by atoms with van der Waals surface area (Å²) < 4.78 is 27.8. The van der Waals surface area contributed by atoms with E-state index in [1.54, 1.807) is 0 Å². The van der Waals surface area contributed by atoms with E-state index in [-0.39, 0.29) is 12.5 Å². The van der Waals surface area contributed by atoms with Crippen LogP contribution in [0.3, 0.4) is 0 Å². The Labute approximate surface area is 177 Å². The van der Waals surface area contributed by atoms with Crippen molar-refractivity contribution in [3.63, 3.8) is 0 Å². The van der Waals surface area contributed by atoms with Gasteiger partial charge in [0.15, 0.2) is 0 Å². The molecule has 1 fully saturated rings. The van der Waals surface area contributed by atoms with E-state index in [0.717, 1.165) is 49.4 Å². The van der Waals surface area contributed by atoms with Crippen LogP contribution in [-0.2, 0) is 23.1 Å². The molecule has 2 aromatic heterocycles. The summed E-state index contributed by atoms with van der Waals surface area (Å²) in [5.74, 6) is 2.82. The molecule has 1 aliphatic heterocycles. The van der Waals surface area contributed by atoms with Gasteiger partial charge in [-0.05, 0) is 30.5 Å². The number of rotatable bonds is 7. The number of nitrogens with one attached hydrogen (secondary N) is 1. The second-order valence-electron chi connectivity index (χ2n) is 7.59. The molecular formula is C21H26N6O2S. The normalized spacial score (nSPS) is 15.4. The summed E-state index contributed by atoms with van der Waals surface area (Å²) in [6.45, 7) is 2.55. The number of hydrogen-bond donors (Lipinski definition) is 1. The van der Waals surface area contributed by atoms with Crippen LogP contribution in [0, 0.1) is 0 Å². The van der Waals surface area contributed by atoms with Gasteiger partial charge in [0, 0.05) is 25.2 Å². The first-order chi connectivity index (χ1) is 14.5. The first kappa shape index (κ1) is 20.5. The topological polar surface area (TPSA) is 93.0 Å². The molecule has 8 nitrogen and oxygen atoms in total. The van der Waals surface area contributed by atoms with E-state index in [1.807, 2.05) is 42.6 Å². The largest absolute Gasteiger partial charge is 0.357 e. The molecule has 1 aliphatic rings. The molecule has 0 bridgehead atoms. The molecule has 0 atom stereocenters. The molecule has 0 aliphatic carbocycles. The zero-order valence-electron chi connectivity index (χ0n) is 17.0. The van der Waals surface area contributed by atoms with Gasteiger partial charge in [0.2, 0.25) is 10.0 Å². The Bertz CT molecular complexity index is 1060. The fourth-order valence-electron chi connectivity index (χ4n) is 3.82. The lowest BCUT2D eigenvalue weighted by Crippen LogP contribution is -2.34. The first-order valence-electron chi connectivity index (χ1n) is 10.1. The van der Waals surface area contributed by atoms with Crippen molar-refractivity contribution < 1.29 is 8.42 Å². The fraction of sp³-hybridized carbons (Fsp3) is 0.381. The molecule has 158 valence electrons. The predicted octanol–water partition coefficient (Wildman–Crippen LogP) is 2.15. The predicted molar refractivity (Wildman–Crippen MR) is 116 cm³/mol. The van der Waals surface area contributed by atoms with Crippen molar-refractivity contribution in [3.8, 4) is 0 Å². The van der Waals surface area contributed by atoms with E-state index in [0.29, 0.717) is 12.4 Å². The molecule has 4 rings (SSSR count). The third-order valence-corrected chi connectivity index (χ3v) is 6.03. The molecule has 0 radical (unpaired) electrons. The third kappa shape index (κ3) is 5.03. The maximum absolute atomic E-state index is 11.6. The molecule has 3 heterocycles. The van der Waals surface area contributed by atoms with Crippen LogP contribution >= 0.6 is 0 Å². The molecule has 3 aromatic rings. The Morgan fingerprint density at radius 1 is 1.03 bits per heavy atom. The highest BCUT2D eigenvalue weighted by Crippen LogP contribution is 2.29. The van der Waals surface area contributed by atoms with Crippen molar-refractivity contribution in [3.05, 3.63) is 71.9 Å². The van der Waals surface area contributed by atoms with Crippen LogP contribution in [0.5, 0.6) is 0 Å². The Morgan fingerprint density at radius 2 is 1.77 bits per heavy atom. The van der Waals surface area contributed by atoms with Crippen molar-refractivity contribution in [1.82, 2.24) is 24.5 Å². The molecule has 30 heavy (non-hydrogen) atoms. The second kappa shape index (κ2) is 8.93. The molecule has 1 saturated heterocycles. The lowest BCUT2D eigenvalue weighted by atomic mass is 9.95. The summed E-state index contributed by atoms with van der Waals surface area (Å²) >= 11 is 0. The van der Waals surface area contributed by atoms with Gasteiger partial charge in [-0.1, -0.05) is 36.4 Å². The van der Waals surface area contributed by atoms with Gasteiger partial charge in [0.05, 0.1) is 19.3 Å². The van der Waals surface area contributed by atoms with Crippen LogP contribution in [0.25, 0.3) is 0 Å². The van der Waals surface area contributed by atoms with Crippen molar-refractivity contribution in [2.45, 2.75) is 31.8 Å². The van der Waals surface area contributed by atoms with E-state index in [1.165, 1.54) is 0 Å². The van der Waals surface area contributed by atoms with Gasteiger partial charge in [-0.2, -0.15) is 0 Å². The minimum absolute atomic E-state index is 0.130. The zero-order chi connectivity index (χ0) is 21.0. The molecule has 0 amide bonds. The summed E-state index contributed by atoms with van der Waals surface area (Å²) in [5.41, 5.74) is 1.13. The van der Waals surface area contributed by atoms with Gasteiger partial charge in [0.25, 0.3) is 0 Å². The lowest BCUT2D eigenvalue weighted by Gasteiger charge is -2.32. The van der Waals surface area contributed by atoms with E-state index in [2.05, 4.69) is 41.5 Å². The summed E-state index contributed by atoms with van der Waals surface area (Å²) in [5, 5.41) is 8.81. The van der Waals surface area contributed by atoms with Gasteiger partial charge >= 0.3 is 0 Å². The molecule has 1 N–H and O–H groups in total. The van der Waals surface area contributed by atoms with Crippen molar-refractivity contribution in [1.29, 1.82) is 0 Å². The van der Waals surface area contributed by atoms with Gasteiger partial charge in [-0.3, -0.25) is 0 Å². The monoisotopic (exact) mass is 426 g/mol. The summed E-state index contributed by atoms with van der Waals surface area (Å²) in [6.07, 6.45) is 4.87. The van der Waals surface area contributed by atoms with Crippen LogP contribution in [0.1, 0.15) is 36.0 Å². The minimum Gasteiger partial charge on any atom is -0.357 e. The molecule has 0 spiro atoms. The lowest BCUT2D eigenvalue weighted by molar-refractivity contribution is 0.465. The number of piperidine rings is 1. The highest BCUT2D eigenvalue weighted by atomic mass is 32.2. The zero-order valence-corrected chi connectivity index (χ0v) is 17.8. The molecule has 1 aromatic carbocycles. The van der Waals surface area contributed by atoms with E-state index >= 15 is 0 Å². The highest BCUT2D eigenvalue weighted by Gasteiger charge is 2.27. The van der Waals surface area contributed by atoms with Crippen LogP contribution in [0.2, 0.25) is 0 Å². The first-order valence-corrected chi connectivity index (χ1v) is 12.0. The number of anilines is 1. The van der Waals surface area contributed by atoms with Gasteiger partial charge in [0.1, 0.15) is 17.5 Å². The number of nitrogens with zero attached hydrogens (tertiary/aromatic N) is 5. The van der Waals surface area contributed by atoms with Crippen LogP contribution in [0.4, 0.5) is 5.82 Å². The maximum atomic E-state index is 11.6. The maximum Gasteiger partial charge on any atom is 0.209 e. The van der Waals surface area contributed by atoms with Crippen LogP contribution < -0.4 is 9.62 Å². The molecule has 0 saturated carbocycles. The average molecular weight is 427 g/mol. The number of aromatic nitrogens is 4. The van der Waals surface area contributed by atoms with Crippen LogP contribution in [0.15, 0.2) is 54.7 Å². The van der Waals surface area contributed by atoms with E-state index < -0.39 is 10.0 Å². The Kier molecular flexibility index (Phi) is 6.10. The summed E-state index contributed by atoms with van der Waals surface area (Å²) in [4.78, 5) is 6.74. The smallest absolute Gasteiger partial charge is 0.209 e. The Hall–Kier alpha value is -2.78. The second-order valence-corrected chi connectivity index (χ2v) is 9.42. The quantitative estimate of drug-likeness (QED) is 0.622. The Balaban J connectivity index is 1.54. The van der Waals surface area contributed by atoms with Gasteiger partial charge in [-0.15, -0.1) is 10.2 Å². The SMILES string of the molecule is CS(=O)(=O)NCc1nnc(C2CCN(c3ccccn3)CC2)n1Cc1ccccc1. The van der Waals surface area contributed by atoms with Gasteiger partial charge < -0.3 is 9.47 Å². The number of hydrogen-bond acceptors (Lipinski definition) is 6. The van der Waals surface area contributed by atoms with Gasteiger partial charge in [-0.25, -0.2) is 18.1 Å². The summed E-state index contributed by atoms with van der Waals surface area (Å²) in [7, 11) is -3.31. The number of pyridine rings is 1. The minimum atomic E-state index is -3.31. The number of sulfonamides is 1. The van der Waals surface area contributed by atoms with E-state index in [4.69, 9.17) is 0 Å². The van der Waals surface area contributed by atoms with Crippen LogP contribution in [-0.4, -0.2) is 47.5 Å². The average Bonchev–Trinajstić information content (AvgIpc) is 3.16. The van der Waals surface area contributed by atoms with Crippen molar-refractivity contribution >= 4 is 15.8 Å². The Morgan fingerprint density at radius 3 is 2.43 bits per heavy atom. The van der Waals surface area contributed by atoms with E-state index in [9.17, 15) is 8.42 Å². The number of benzene rings is 1. The molecule has 9 heteroatoms. The van der Waals surface area contributed by atoms with Crippen molar-refractivity contribution in [2.75, 3.05) is 24.2 Å². The third-order valence-electron chi connectivity index (χ3n) is 5.37. The highest BCUT2D eigenvalue weighted by molar-refractivity contribution is 7.88.